The average molecular weight is 695 g/mol. The van der Waals surface area contributed by atoms with Crippen molar-refractivity contribution in [2.45, 2.75) is 82.8 Å². The molecule has 0 aromatic heterocycles. The maximum atomic E-state index is 13.8. The summed E-state index contributed by atoms with van der Waals surface area (Å²) in [6.45, 7) is 12.2. The standard InChI is InChI=1S/C35H46N4O9Si/c1-35(2,3)49(6,7)48-20-14-26-32(41)37-24-18-30(28(45-5)16-22(24)34(43)39(26)19-20)47-13-9-12-46-29-17-23-21(15-27(29)44-4)33(42)38-11-8-10-25(38)31(40)36-23/h15-18,20,25-26H,8-14,19H2,1-7H3,(H,36,40)(H,37,41)/t20?,25-,26-/m0/s1. The van der Waals surface area contributed by atoms with E-state index in [1.54, 1.807) is 34.1 Å². The zero-order valence-corrected chi connectivity index (χ0v) is 30.3. The van der Waals surface area contributed by atoms with Crippen LogP contribution < -0.4 is 29.6 Å². The summed E-state index contributed by atoms with van der Waals surface area (Å²) in [7, 11) is 0.898. The van der Waals surface area contributed by atoms with E-state index in [9.17, 15) is 19.2 Å². The van der Waals surface area contributed by atoms with Crippen LogP contribution in [0.4, 0.5) is 11.4 Å². The highest BCUT2D eigenvalue weighted by Gasteiger charge is 2.47. The summed E-state index contributed by atoms with van der Waals surface area (Å²) in [5.41, 5.74) is 1.45. The molecule has 2 fully saturated rings. The Morgan fingerprint density at radius 3 is 1.84 bits per heavy atom. The molecule has 3 atom stereocenters. The fourth-order valence-corrected chi connectivity index (χ4v) is 7.98. The summed E-state index contributed by atoms with van der Waals surface area (Å²) in [6.07, 6.45) is 2.11. The Hall–Kier alpha value is -4.30. The first-order chi connectivity index (χ1) is 23.2. The molecule has 2 saturated heterocycles. The van der Waals surface area contributed by atoms with Crippen molar-refractivity contribution < 1.29 is 42.6 Å². The van der Waals surface area contributed by atoms with Gasteiger partial charge in [-0.3, -0.25) is 19.2 Å². The van der Waals surface area contributed by atoms with Crippen molar-refractivity contribution in [1.82, 2.24) is 9.80 Å². The number of benzene rings is 2. The molecule has 0 saturated carbocycles. The summed E-state index contributed by atoms with van der Waals surface area (Å²) in [5.74, 6) is 0.576. The van der Waals surface area contributed by atoms with Crippen LogP contribution in [0.5, 0.6) is 23.0 Å². The normalized spacial score (nSPS) is 21.9. The first-order valence-electron chi connectivity index (χ1n) is 16.8. The number of hydrogen-bond acceptors (Lipinski definition) is 9. The van der Waals surface area contributed by atoms with Gasteiger partial charge in [-0.2, -0.15) is 0 Å². The van der Waals surface area contributed by atoms with Crippen LogP contribution in [0, 0.1) is 0 Å². The maximum absolute atomic E-state index is 13.8. The van der Waals surface area contributed by atoms with Crippen LogP contribution in [-0.2, 0) is 14.0 Å². The maximum Gasteiger partial charge on any atom is 0.256 e. The lowest BCUT2D eigenvalue weighted by Gasteiger charge is -2.38. The first-order valence-corrected chi connectivity index (χ1v) is 19.7. The minimum Gasteiger partial charge on any atom is -0.493 e. The van der Waals surface area contributed by atoms with Crippen molar-refractivity contribution in [1.29, 1.82) is 0 Å². The van der Waals surface area contributed by atoms with E-state index in [-0.39, 0.29) is 48.0 Å². The Kier molecular flexibility index (Phi) is 9.31. The quantitative estimate of drug-likeness (QED) is 0.268. The van der Waals surface area contributed by atoms with E-state index in [0.29, 0.717) is 77.9 Å². The number of rotatable bonds is 10. The smallest absolute Gasteiger partial charge is 0.256 e. The minimum absolute atomic E-state index is 0.00773. The van der Waals surface area contributed by atoms with Crippen LogP contribution in [0.1, 0.15) is 67.2 Å². The molecule has 6 rings (SSSR count). The van der Waals surface area contributed by atoms with Crippen molar-refractivity contribution in [3.8, 4) is 23.0 Å². The first kappa shape index (κ1) is 34.6. The number of ether oxygens (including phenoxy) is 4. The van der Waals surface area contributed by atoms with Crippen molar-refractivity contribution in [3.63, 3.8) is 0 Å². The highest BCUT2D eigenvalue weighted by atomic mass is 28.4. The number of fused-ring (bicyclic) bond motifs is 4. The second kappa shape index (κ2) is 13.2. The number of carbonyl (C=O) groups is 4. The van der Waals surface area contributed by atoms with E-state index in [1.807, 2.05) is 0 Å². The molecule has 4 amide bonds. The van der Waals surface area contributed by atoms with Gasteiger partial charge in [-0.05, 0) is 43.1 Å². The number of carbonyl (C=O) groups excluding carboxylic acids is 4. The van der Waals surface area contributed by atoms with Gasteiger partial charge in [-0.15, -0.1) is 0 Å². The van der Waals surface area contributed by atoms with E-state index in [0.717, 1.165) is 6.42 Å². The van der Waals surface area contributed by atoms with Gasteiger partial charge in [-0.25, -0.2) is 0 Å². The molecule has 4 aliphatic rings. The van der Waals surface area contributed by atoms with Gasteiger partial charge in [0.25, 0.3) is 11.8 Å². The van der Waals surface area contributed by atoms with E-state index in [2.05, 4.69) is 44.5 Å². The number of nitrogens with zero attached hydrogens (tertiary/aromatic N) is 2. The van der Waals surface area contributed by atoms with E-state index < -0.39 is 20.4 Å². The molecule has 264 valence electrons. The third-order valence-electron chi connectivity index (χ3n) is 10.3. The third-order valence-corrected chi connectivity index (χ3v) is 14.8. The monoisotopic (exact) mass is 694 g/mol. The van der Waals surface area contributed by atoms with Crippen molar-refractivity contribution in [2.24, 2.45) is 0 Å². The van der Waals surface area contributed by atoms with E-state index in [4.69, 9.17) is 23.4 Å². The zero-order chi connectivity index (χ0) is 35.2. The minimum atomic E-state index is -2.10. The predicted molar refractivity (Wildman–Crippen MR) is 184 cm³/mol. The molecule has 0 spiro atoms. The van der Waals surface area contributed by atoms with Crippen LogP contribution in [-0.4, -0.2) is 100 Å². The molecule has 0 bridgehead atoms. The van der Waals surface area contributed by atoms with Crippen molar-refractivity contribution in [3.05, 3.63) is 35.4 Å². The van der Waals surface area contributed by atoms with Gasteiger partial charge < -0.3 is 43.8 Å². The highest BCUT2D eigenvalue weighted by Crippen LogP contribution is 2.42. The van der Waals surface area contributed by atoms with Gasteiger partial charge >= 0.3 is 0 Å². The summed E-state index contributed by atoms with van der Waals surface area (Å²) >= 11 is 0. The molecule has 2 aromatic carbocycles. The average Bonchev–Trinajstić information content (AvgIpc) is 3.67. The second-order valence-electron chi connectivity index (χ2n) is 14.5. The molecule has 13 nitrogen and oxygen atoms in total. The summed E-state index contributed by atoms with van der Waals surface area (Å²) in [4.78, 5) is 56.3. The highest BCUT2D eigenvalue weighted by molar-refractivity contribution is 6.74. The molecule has 4 aliphatic heterocycles. The Morgan fingerprint density at radius 2 is 1.31 bits per heavy atom. The Bertz CT molecular complexity index is 1670. The summed E-state index contributed by atoms with van der Waals surface area (Å²) in [5, 5.41) is 5.82. The third kappa shape index (κ3) is 6.55. The van der Waals surface area contributed by atoms with E-state index in [1.165, 1.54) is 14.2 Å². The Morgan fingerprint density at radius 1 is 0.776 bits per heavy atom. The summed E-state index contributed by atoms with van der Waals surface area (Å²) < 4.78 is 29.7. The van der Waals surface area contributed by atoms with Crippen LogP contribution >= 0.6 is 0 Å². The van der Waals surface area contributed by atoms with Gasteiger partial charge in [-0.1, -0.05) is 20.8 Å². The van der Waals surface area contributed by atoms with Crippen LogP contribution in [0.25, 0.3) is 0 Å². The molecular formula is C35H46N4O9Si. The Labute approximate surface area is 287 Å². The lowest BCUT2D eigenvalue weighted by atomic mass is 10.1. The Balaban J connectivity index is 1.10. The van der Waals surface area contributed by atoms with Crippen LogP contribution in [0.15, 0.2) is 24.3 Å². The van der Waals surface area contributed by atoms with Gasteiger partial charge in [0.05, 0.1) is 56.0 Å². The predicted octanol–water partition coefficient (Wildman–Crippen LogP) is 4.67. The molecule has 2 N–H and O–H groups in total. The molecule has 1 unspecified atom stereocenters. The molecule has 4 heterocycles. The SMILES string of the molecule is COc1cc2c(cc1OCCCOc1cc3c(cc1OC)C(=O)N1CC(O[Si](C)(C)C(C)(C)C)C[C@H]1C(=O)N3)NC(=O)[C@@H]1CCCN1C2=O. The van der Waals surface area contributed by atoms with E-state index >= 15 is 0 Å². The van der Waals surface area contributed by atoms with Crippen molar-refractivity contribution >= 4 is 43.3 Å². The number of methoxy groups -OCH3 is 2. The number of hydrogen-bond donors (Lipinski definition) is 2. The van der Waals surface area contributed by atoms with Gasteiger partial charge in [0.15, 0.2) is 31.3 Å². The number of nitrogens with one attached hydrogen (secondary N) is 2. The molecular weight excluding hydrogens is 648 g/mol. The molecule has 0 radical (unpaired) electrons. The van der Waals surface area contributed by atoms with Gasteiger partial charge in [0.1, 0.15) is 12.1 Å². The second-order valence-corrected chi connectivity index (χ2v) is 19.2. The van der Waals surface area contributed by atoms with Crippen LogP contribution in [0.3, 0.4) is 0 Å². The van der Waals surface area contributed by atoms with Crippen molar-refractivity contribution in [2.75, 3.05) is 51.2 Å². The zero-order valence-electron chi connectivity index (χ0n) is 29.3. The fraction of sp³-hybridized carbons (Fsp3) is 0.543. The number of amides is 4. The van der Waals surface area contributed by atoms with Gasteiger partial charge in [0.2, 0.25) is 11.8 Å². The topological polar surface area (TPSA) is 145 Å². The van der Waals surface area contributed by atoms with Gasteiger partial charge in [0, 0.05) is 38.1 Å². The molecule has 2 aromatic rings. The summed E-state index contributed by atoms with van der Waals surface area (Å²) in [6, 6.07) is 5.35. The largest absolute Gasteiger partial charge is 0.493 e. The molecule has 49 heavy (non-hydrogen) atoms. The van der Waals surface area contributed by atoms with Crippen LogP contribution in [0.2, 0.25) is 18.1 Å². The lowest BCUT2D eigenvalue weighted by Crippen LogP contribution is -2.44. The lowest BCUT2D eigenvalue weighted by molar-refractivity contribution is -0.120. The molecule has 0 aliphatic carbocycles. The number of anilines is 2. The fourth-order valence-electron chi connectivity index (χ4n) is 6.62. The molecule has 14 heteroatoms.